The van der Waals surface area contributed by atoms with E-state index in [1.807, 2.05) is 42.8 Å². The van der Waals surface area contributed by atoms with Crippen LogP contribution in [0, 0.1) is 0 Å². The Balaban J connectivity index is 2.11. The number of benzene rings is 1. The van der Waals surface area contributed by atoms with Crippen LogP contribution in [0.3, 0.4) is 0 Å². The van der Waals surface area contributed by atoms with Gasteiger partial charge in [0.2, 0.25) is 0 Å². The van der Waals surface area contributed by atoms with Crippen LogP contribution >= 0.6 is 43.2 Å². The monoisotopic (exact) mass is 387 g/mol. The van der Waals surface area contributed by atoms with Gasteiger partial charge in [0.1, 0.15) is 0 Å². The zero-order chi connectivity index (χ0) is 13.1. The maximum atomic E-state index is 12.2. The first-order valence-electron chi connectivity index (χ1n) is 5.31. The van der Waals surface area contributed by atoms with Crippen molar-refractivity contribution in [1.82, 2.24) is 4.90 Å². The number of thiophene rings is 1. The number of hydrogen-bond acceptors (Lipinski definition) is 2. The minimum Gasteiger partial charge on any atom is -0.337 e. The molecule has 1 heterocycles. The third kappa shape index (κ3) is 3.22. The van der Waals surface area contributed by atoms with Crippen LogP contribution in [0.2, 0.25) is 0 Å². The molecule has 94 valence electrons. The van der Waals surface area contributed by atoms with Crippen LogP contribution in [0.15, 0.2) is 44.0 Å². The molecule has 0 saturated heterocycles. The lowest BCUT2D eigenvalue weighted by atomic mass is 10.2. The molecule has 0 fully saturated rings. The largest absolute Gasteiger partial charge is 0.337 e. The molecule has 0 aliphatic heterocycles. The average Bonchev–Trinajstić information content (AvgIpc) is 2.78. The predicted octanol–water partition coefficient (Wildman–Crippen LogP) is 4.55. The highest BCUT2D eigenvalue weighted by Crippen LogP contribution is 2.23. The van der Waals surface area contributed by atoms with Gasteiger partial charge in [-0.2, -0.15) is 0 Å². The van der Waals surface area contributed by atoms with Gasteiger partial charge in [-0.1, -0.05) is 34.1 Å². The fourth-order valence-corrected chi connectivity index (χ4v) is 3.14. The van der Waals surface area contributed by atoms with E-state index in [9.17, 15) is 4.79 Å². The van der Waals surface area contributed by atoms with Gasteiger partial charge in [0.25, 0.3) is 5.91 Å². The number of rotatable bonds is 3. The number of nitrogens with zero attached hydrogens (tertiary/aromatic N) is 1. The molecule has 1 aromatic carbocycles. The van der Waals surface area contributed by atoms with Crippen LogP contribution in [0.5, 0.6) is 0 Å². The zero-order valence-corrected chi connectivity index (χ0v) is 13.7. The molecule has 2 nitrogen and oxygen atoms in total. The van der Waals surface area contributed by atoms with E-state index in [0.29, 0.717) is 6.54 Å². The normalized spacial score (nSPS) is 10.4. The van der Waals surface area contributed by atoms with Crippen LogP contribution in [-0.2, 0) is 6.54 Å². The Morgan fingerprint density at radius 1 is 1.33 bits per heavy atom. The number of carbonyl (C=O) groups excluding carboxylic acids is 1. The summed E-state index contributed by atoms with van der Waals surface area (Å²) in [7, 11) is 1.81. The summed E-state index contributed by atoms with van der Waals surface area (Å²) < 4.78 is 2.00. The van der Waals surface area contributed by atoms with E-state index in [4.69, 9.17) is 0 Å². The van der Waals surface area contributed by atoms with Gasteiger partial charge in [-0.25, -0.2) is 0 Å². The lowest BCUT2D eigenvalue weighted by Crippen LogP contribution is -2.25. The summed E-state index contributed by atoms with van der Waals surface area (Å²) in [6.07, 6.45) is 0. The van der Waals surface area contributed by atoms with Gasteiger partial charge < -0.3 is 4.90 Å². The molecule has 5 heteroatoms. The quantitative estimate of drug-likeness (QED) is 0.755. The van der Waals surface area contributed by atoms with Crippen LogP contribution in [0.25, 0.3) is 0 Å². The molecule has 2 aromatic rings. The Kier molecular flexibility index (Phi) is 4.59. The average molecular weight is 389 g/mol. The Hall–Kier alpha value is -0.650. The first-order chi connectivity index (χ1) is 8.58. The first kappa shape index (κ1) is 13.8. The van der Waals surface area contributed by atoms with Gasteiger partial charge >= 0.3 is 0 Å². The molecule has 2 rings (SSSR count). The molecule has 1 amide bonds. The summed E-state index contributed by atoms with van der Waals surface area (Å²) in [5, 5.41) is 1.86. The molecule has 0 radical (unpaired) electrons. The highest BCUT2D eigenvalue weighted by atomic mass is 79.9. The molecule has 0 spiro atoms. The van der Waals surface area contributed by atoms with E-state index in [0.717, 1.165) is 19.4 Å². The van der Waals surface area contributed by atoms with Gasteiger partial charge in [-0.05, 0) is 33.6 Å². The second-order valence-corrected chi connectivity index (χ2v) is 7.04. The van der Waals surface area contributed by atoms with Gasteiger partial charge in [0.15, 0.2) is 0 Å². The van der Waals surface area contributed by atoms with Crippen LogP contribution in [-0.4, -0.2) is 17.9 Å². The topological polar surface area (TPSA) is 20.3 Å². The van der Waals surface area contributed by atoms with E-state index in [1.165, 1.54) is 11.3 Å². The minimum absolute atomic E-state index is 0.0349. The SMILES string of the molecule is CN(Cc1ccccc1Br)C(=O)c1csc(Br)c1. The maximum Gasteiger partial charge on any atom is 0.254 e. The molecule has 0 atom stereocenters. The van der Waals surface area contributed by atoms with Crippen molar-refractivity contribution in [1.29, 1.82) is 0 Å². The van der Waals surface area contributed by atoms with E-state index in [2.05, 4.69) is 31.9 Å². The van der Waals surface area contributed by atoms with Crippen LogP contribution in [0.1, 0.15) is 15.9 Å². The Morgan fingerprint density at radius 3 is 2.67 bits per heavy atom. The van der Waals surface area contributed by atoms with Gasteiger partial charge in [-0.3, -0.25) is 4.79 Å². The lowest BCUT2D eigenvalue weighted by Gasteiger charge is -2.17. The Labute approximate surface area is 127 Å². The van der Waals surface area contributed by atoms with Crippen molar-refractivity contribution in [3.05, 3.63) is 55.1 Å². The highest BCUT2D eigenvalue weighted by Gasteiger charge is 2.14. The second kappa shape index (κ2) is 5.99. The molecule has 1 aromatic heterocycles. The fourth-order valence-electron chi connectivity index (χ4n) is 1.60. The molecule has 0 unspecified atom stereocenters. The summed E-state index contributed by atoms with van der Waals surface area (Å²) >= 11 is 8.38. The summed E-state index contributed by atoms with van der Waals surface area (Å²) in [6, 6.07) is 9.78. The van der Waals surface area contributed by atoms with Crippen molar-refractivity contribution in [2.45, 2.75) is 6.54 Å². The first-order valence-corrected chi connectivity index (χ1v) is 7.77. The summed E-state index contributed by atoms with van der Waals surface area (Å²) in [4.78, 5) is 13.9. The molecule has 0 N–H and O–H groups in total. The molecule has 0 aliphatic rings. The van der Waals surface area contributed by atoms with E-state index < -0.39 is 0 Å². The van der Waals surface area contributed by atoms with Gasteiger partial charge in [0, 0.05) is 23.4 Å². The van der Waals surface area contributed by atoms with Gasteiger partial charge in [-0.15, -0.1) is 11.3 Å². The molecular weight excluding hydrogens is 378 g/mol. The molecular formula is C13H11Br2NOS. The number of halogens is 2. The number of hydrogen-bond donors (Lipinski definition) is 0. The third-order valence-electron chi connectivity index (χ3n) is 2.53. The second-order valence-electron chi connectivity index (χ2n) is 3.89. The summed E-state index contributed by atoms with van der Waals surface area (Å²) in [6.45, 7) is 0.591. The molecule has 0 bridgehead atoms. The van der Waals surface area contributed by atoms with E-state index in [-0.39, 0.29) is 5.91 Å². The van der Waals surface area contributed by atoms with Crippen molar-refractivity contribution in [2.75, 3.05) is 7.05 Å². The molecule has 0 saturated carbocycles. The minimum atomic E-state index is 0.0349. The zero-order valence-electron chi connectivity index (χ0n) is 9.69. The third-order valence-corrected chi connectivity index (χ3v) is 4.80. The standard InChI is InChI=1S/C13H11Br2NOS/c1-16(7-9-4-2-3-5-11(9)14)13(17)10-6-12(15)18-8-10/h2-6,8H,7H2,1H3. The van der Waals surface area contributed by atoms with Gasteiger partial charge in [0.05, 0.1) is 9.35 Å². The summed E-state index contributed by atoms with van der Waals surface area (Å²) in [5.74, 6) is 0.0349. The maximum absolute atomic E-state index is 12.2. The number of amides is 1. The van der Waals surface area contributed by atoms with Crippen molar-refractivity contribution < 1.29 is 4.79 Å². The van der Waals surface area contributed by atoms with Crippen LogP contribution < -0.4 is 0 Å². The Bertz CT molecular complexity index is 568. The van der Waals surface area contributed by atoms with Crippen molar-refractivity contribution in [3.8, 4) is 0 Å². The lowest BCUT2D eigenvalue weighted by molar-refractivity contribution is 0.0785. The number of carbonyl (C=O) groups is 1. The van der Waals surface area contributed by atoms with E-state index in [1.54, 1.807) is 4.90 Å². The smallest absolute Gasteiger partial charge is 0.254 e. The fraction of sp³-hybridized carbons (Fsp3) is 0.154. The Morgan fingerprint density at radius 2 is 2.06 bits per heavy atom. The summed E-state index contributed by atoms with van der Waals surface area (Å²) in [5.41, 5.74) is 1.82. The van der Waals surface area contributed by atoms with Crippen LogP contribution in [0.4, 0.5) is 0 Å². The molecule has 18 heavy (non-hydrogen) atoms. The van der Waals surface area contributed by atoms with Crippen molar-refractivity contribution in [2.24, 2.45) is 0 Å². The highest BCUT2D eigenvalue weighted by molar-refractivity contribution is 9.11. The van der Waals surface area contributed by atoms with Crippen molar-refractivity contribution >= 4 is 49.1 Å². The molecule has 0 aliphatic carbocycles. The predicted molar refractivity (Wildman–Crippen MR) is 82.0 cm³/mol. The van der Waals surface area contributed by atoms with Crippen molar-refractivity contribution in [3.63, 3.8) is 0 Å². The van der Waals surface area contributed by atoms with E-state index >= 15 is 0 Å².